The standard InChI is InChI=1S/C29H46N4O4/c1-7-8-9-10-11-27(35)33-20-25(34)19-32(17-16-22(33)4)29(37)26(18-21(2)3)30-28(36)23-12-14-24(15-13-23)31(5)6/h12-15,21-22,26H,7-11,16-20H2,1-6H3,(H,30,36)/t22-,26-/m0/s1. The van der Waals surface area contributed by atoms with Crippen molar-refractivity contribution in [1.29, 1.82) is 0 Å². The number of Topliss-reactive ketones (excluding diaryl/α,β-unsaturated/α-hetero) is 1. The van der Waals surface area contributed by atoms with Crippen LogP contribution >= 0.6 is 0 Å². The maximum atomic E-state index is 13.6. The molecule has 8 nitrogen and oxygen atoms in total. The van der Waals surface area contributed by atoms with Crippen LogP contribution in [-0.2, 0) is 14.4 Å². The summed E-state index contributed by atoms with van der Waals surface area (Å²) in [5, 5.41) is 2.91. The van der Waals surface area contributed by atoms with Crippen LogP contribution in [0.5, 0.6) is 0 Å². The van der Waals surface area contributed by atoms with E-state index in [9.17, 15) is 19.2 Å². The lowest BCUT2D eigenvalue weighted by Gasteiger charge is -2.36. The van der Waals surface area contributed by atoms with Crippen LogP contribution in [0.25, 0.3) is 0 Å². The highest BCUT2D eigenvalue weighted by Crippen LogP contribution is 2.17. The summed E-state index contributed by atoms with van der Waals surface area (Å²) in [5.41, 5.74) is 1.46. The van der Waals surface area contributed by atoms with Crippen molar-refractivity contribution in [2.45, 2.75) is 84.7 Å². The average Bonchev–Trinajstić information content (AvgIpc) is 2.85. The van der Waals surface area contributed by atoms with Gasteiger partial charge in [0.2, 0.25) is 11.8 Å². The molecule has 1 aromatic carbocycles. The van der Waals surface area contributed by atoms with Gasteiger partial charge in [0.15, 0.2) is 5.78 Å². The predicted octanol–water partition coefficient (Wildman–Crippen LogP) is 3.89. The highest BCUT2D eigenvalue weighted by molar-refractivity contribution is 5.98. The first kappa shape index (κ1) is 30.3. The Morgan fingerprint density at radius 3 is 2.32 bits per heavy atom. The van der Waals surface area contributed by atoms with Gasteiger partial charge in [0.05, 0.1) is 13.1 Å². The van der Waals surface area contributed by atoms with Gasteiger partial charge in [-0.15, -0.1) is 0 Å². The Kier molecular flexibility index (Phi) is 12.1. The van der Waals surface area contributed by atoms with E-state index in [0.29, 0.717) is 31.4 Å². The van der Waals surface area contributed by atoms with E-state index >= 15 is 0 Å². The number of hydrogen-bond acceptors (Lipinski definition) is 5. The van der Waals surface area contributed by atoms with Gasteiger partial charge in [0.25, 0.3) is 5.91 Å². The van der Waals surface area contributed by atoms with Crippen LogP contribution in [0.1, 0.15) is 83.0 Å². The highest BCUT2D eigenvalue weighted by Gasteiger charge is 2.32. The van der Waals surface area contributed by atoms with Crippen LogP contribution < -0.4 is 10.2 Å². The zero-order chi connectivity index (χ0) is 27.5. The van der Waals surface area contributed by atoms with E-state index in [1.807, 2.05) is 51.9 Å². The molecule has 2 atom stereocenters. The molecule has 3 amide bonds. The molecule has 0 radical (unpaired) electrons. The Morgan fingerprint density at radius 1 is 1.05 bits per heavy atom. The Hall–Kier alpha value is -2.90. The lowest BCUT2D eigenvalue weighted by molar-refractivity contribution is -0.143. The molecule has 1 N–H and O–H groups in total. The molecule has 206 valence electrons. The topological polar surface area (TPSA) is 90.0 Å². The van der Waals surface area contributed by atoms with Gasteiger partial charge in [-0.05, 0) is 56.4 Å². The second-order valence-corrected chi connectivity index (χ2v) is 10.9. The smallest absolute Gasteiger partial charge is 0.251 e. The minimum Gasteiger partial charge on any atom is -0.378 e. The molecule has 0 aliphatic carbocycles. The van der Waals surface area contributed by atoms with E-state index in [1.165, 1.54) is 0 Å². The monoisotopic (exact) mass is 514 g/mol. The molecule has 0 unspecified atom stereocenters. The van der Waals surface area contributed by atoms with E-state index in [-0.39, 0.29) is 48.6 Å². The fraction of sp³-hybridized carbons (Fsp3) is 0.655. The van der Waals surface area contributed by atoms with E-state index < -0.39 is 6.04 Å². The molecule has 0 bridgehead atoms. The number of rotatable bonds is 11. The molecule has 0 saturated carbocycles. The number of ketones is 1. The summed E-state index contributed by atoms with van der Waals surface area (Å²) in [6, 6.07) is 6.37. The normalized spacial score (nSPS) is 17.3. The number of carbonyl (C=O) groups excluding carboxylic acids is 4. The van der Waals surface area contributed by atoms with Crippen molar-refractivity contribution < 1.29 is 19.2 Å². The minimum absolute atomic E-state index is 0.0157. The van der Waals surface area contributed by atoms with Crippen LogP contribution in [0.2, 0.25) is 0 Å². The van der Waals surface area contributed by atoms with Crippen molar-refractivity contribution in [3.05, 3.63) is 29.8 Å². The summed E-state index contributed by atoms with van der Waals surface area (Å²) in [5.74, 6) is -0.518. The van der Waals surface area contributed by atoms with Crippen molar-refractivity contribution in [3.8, 4) is 0 Å². The number of unbranched alkanes of at least 4 members (excludes halogenated alkanes) is 3. The van der Waals surface area contributed by atoms with E-state index in [1.54, 1.807) is 21.9 Å². The van der Waals surface area contributed by atoms with Crippen LogP contribution in [0.4, 0.5) is 5.69 Å². The number of amides is 3. The Morgan fingerprint density at radius 2 is 1.73 bits per heavy atom. The number of benzene rings is 1. The molecule has 2 rings (SSSR count). The number of anilines is 1. The summed E-state index contributed by atoms with van der Waals surface area (Å²) >= 11 is 0. The fourth-order valence-corrected chi connectivity index (χ4v) is 4.62. The summed E-state index contributed by atoms with van der Waals surface area (Å²) < 4.78 is 0. The third kappa shape index (κ3) is 9.48. The second-order valence-electron chi connectivity index (χ2n) is 10.9. The van der Waals surface area contributed by atoms with Gasteiger partial charge in [-0.1, -0.05) is 40.0 Å². The fourth-order valence-electron chi connectivity index (χ4n) is 4.62. The molecule has 8 heteroatoms. The average molecular weight is 515 g/mol. The third-order valence-corrected chi connectivity index (χ3v) is 6.90. The van der Waals surface area contributed by atoms with E-state index in [0.717, 1.165) is 31.4 Å². The Bertz CT molecular complexity index is 913. The van der Waals surface area contributed by atoms with Crippen LogP contribution in [0, 0.1) is 5.92 Å². The second kappa shape index (κ2) is 14.7. The lowest BCUT2D eigenvalue weighted by atomic mass is 10.0. The molecule has 1 aromatic rings. The molecule has 1 aliphatic rings. The number of hydrogen-bond donors (Lipinski definition) is 1. The first-order chi connectivity index (χ1) is 17.5. The zero-order valence-corrected chi connectivity index (χ0v) is 23.6. The lowest BCUT2D eigenvalue weighted by Crippen LogP contribution is -2.54. The third-order valence-electron chi connectivity index (χ3n) is 6.90. The van der Waals surface area contributed by atoms with Crippen molar-refractivity contribution in [3.63, 3.8) is 0 Å². The van der Waals surface area contributed by atoms with Gasteiger partial charge in [-0.3, -0.25) is 19.2 Å². The molecule has 1 fully saturated rings. The maximum absolute atomic E-state index is 13.6. The van der Waals surface area contributed by atoms with E-state index in [2.05, 4.69) is 12.2 Å². The SMILES string of the molecule is CCCCCCC(=O)N1CC(=O)CN(C(=O)[C@H](CC(C)C)NC(=O)c2ccc(N(C)C)cc2)CC[C@@H]1C. The van der Waals surface area contributed by atoms with Gasteiger partial charge in [0.1, 0.15) is 6.04 Å². The molecule has 1 heterocycles. The quantitative estimate of drug-likeness (QED) is 0.453. The first-order valence-corrected chi connectivity index (χ1v) is 13.7. The number of nitrogens with zero attached hydrogens (tertiary/aromatic N) is 3. The molecule has 0 spiro atoms. The van der Waals surface area contributed by atoms with Crippen LogP contribution in [0.3, 0.4) is 0 Å². The summed E-state index contributed by atoms with van der Waals surface area (Å²) in [6.45, 7) is 8.42. The largest absolute Gasteiger partial charge is 0.378 e. The molecule has 1 aliphatic heterocycles. The van der Waals surface area contributed by atoms with Crippen LogP contribution in [0.15, 0.2) is 24.3 Å². The summed E-state index contributed by atoms with van der Waals surface area (Å²) in [6.07, 6.45) is 5.59. The summed E-state index contributed by atoms with van der Waals surface area (Å²) in [4.78, 5) is 57.4. The van der Waals surface area contributed by atoms with Gasteiger partial charge >= 0.3 is 0 Å². The van der Waals surface area contributed by atoms with Gasteiger partial charge in [-0.25, -0.2) is 0 Å². The zero-order valence-electron chi connectivity index (χ0n) is 23.6. The maximum Gasteiger partial charge on any atom is 0.251 e. The Balaban J connectivity index is 2.07. The minimum atomic E-state index is -0.722. The predicted molar refractivity (Wildman–Crippen MR) is 148 cm³/mol. The molecule has 1 saturated heterocycles. The summed E-state index contributed by atoms with van der Waals surface area (Å²) in [7, 11) is 3.86. The molecular formula is C29H46N4O4. The molecular weight excluding hydrogens is 468 g/mol. The highest BCUT2D eigenvalue weighted by atomic mass is 16.2. The van der Waals surface area contributed by atoms with Gasteiger partial charge in [-0.2, -0.15) is 0 Å². The van der Waals surface area contributed by atoms with Gasteiger partial charge < -0.3 is 20.0 Å². The number of nitrogens with one attached hydrogen (secondary N) is 1. The van der Waals surface area contributed by atoms with Crippen LogP contribution in [-0.4, -0.2) is 79.1 Å². The van der Waals surface area contributed by atoms with Crippen molar-refractivity contribution >= 4 is 29.2 Å². The van der Waals surface area contributed by atoms with Crippen molar-refractivity contribution in [2.24, 2.45) is 5.92 Å². The number of carbonyl (C=O) groups is 4. The first-order valence-electron chi connectivity index (χ1n) is 13.7. The van der Waals surface area contributed by atoms with E-state index in [4.69, 9.17) is 0 Å². The van der Waals surface area contributed by atoms with Crippen molar-refractivity contribution in [1.82, 2.24) is 15.1 Å². The van der Waals surface area contributed by atoms with Crippen molar-refractivity contribution in [2.75, 3.05) is 38.6 Å². The van der Waals surface area contributed by atoms with Gasteiger partial charge in [0, 0.05) is 44.4 Å². The molecule has 0 aromatic heterocycles. The molecule has 37 heavy (non-hydrogen) atoms. The Labute approximate surface area is 222 Å².